The van der Waals surface area contributed by atoms with Gasteiger partial charge in [0.25, 0.3) is 11.6 Å². The highest BCUT2D eigenvalue weighted by atomic mass is 32.2. The molecular weight excluding hydrogens is 384 g/mol. The third-order valence-corrected chi connectivity index (χ3v) is 5.75. The normalized spacial score (nSPS) is 11.2. The van der Waals surface area contributed by atoms with Crippen molar-refractivity contribution in [1.29, 1.82) is 0 Å². The molecule has 0 bridgehead atoms. The Hall–Kier alpha value is -3.46. The van der Waals surface area contributed by atoms with Crippen LogP contribution in [0, 0.1) is 17.0 Å². The van der Waals surface area contributed by atoms with Crippen molar-refractivity contribution in [2.24, 2.45) is 0 Å². The van der Waals surface area contributed by atoms with Crippen LogP contribution >= 0.6 is 0 Å². The summed E-state index contributed by atoms with van der Waals surface area (Å²) < 4.78 is 30.3. The van der Waals surface area contributed by atoms with E-state index in [9.17, 15) is 23.3 Å². The van der Waals surface area contributed by atoms with E-state index in [2.05, 4.69) is 5.32 Å². The molecule has 1 heterocycles. The van der Waals surface area contributed by atoms with E-state index in [1.165, 1.54) is 42.7 Å². The number of nitro benzene ring substituents is 1. The van der Waals surface area contributed by atoms with Crippen molar-refractivity contribution in [2.75, 3.05) is 5.32 Å². The van der Waals surface area contributed by atoms with Crippen LogP contribution in [0.2, 0.25) is 0 Å². The highest BCUT2D eigenvalue weighted by Gasteiger charge is 2.23. The van der Waals surface area contributed by atoms with Crippen molar-refractivity contribution < 1.29 is 22.6 Å². The Kier molecular flexibility index (Phi) is 5.27. The van der Waals surface area contributed by atoms with Crippen molar-refractivity contribution in [3.05, 3.63) is 87.9 Å². The first-order valence-electron chi connectivity index (χ1n) is 8.18. The molecule has 2 aromatic carbocycles. The number of carbonyl (C=O) groups is 1. The minimum absolute atomic E-state index is 0.135. The van der Waals surface area contributed by atoms with Gasteiger partial charge in [0.1, 0.15) is 0 Å². The molecule has 28 heavy (non-hydrogen) atoms. The summed E-state index contributed by atoms with van der Waals surface area (Å²) >= 11 is 0. The van der Waals surface area contributed by atoms with Crippen LogP contribution in [0.15, 0.2) is 70.2 Å². The first-order valence-corrected chi connectivity index (χ1v) is 9.84. The molecule has 0 radical (unpaired) electrons. The van der Waals surface area contributed by atoms with Crippen LogP contribution in [0.25, 0.3) is 0 Å². The molecule has 0 saturated heterocycles. The number of aryl methyl sites for hydroxylation is 1. The van der Waals surface area contributed by atoms with Crippen molar-refractivity contribution in [1.82, 2.24) is 0 Å². The SMILES string of the molecule is Cc1ccc(NC(=O)c2occc2CS(=O)(=O)c2ccccc2)cc1[N+](=O)[O-]. The van der Waals surface area contributed by atoms with Gasteiger partial charge < -0.3 is 9.73 Å². The van der Waals surface area contributed by atoms with Crippen LogP contribution in [-0.4, -0.2) is 19.2 Å². The lowest BCUT2D eigenvalue weighted by Gasteiger charge is -2.07. The van der Waals surface area contributed by atoms with Crippen LogP contribution in [0.4, 0.5) is 11.4 Å². The van der Waals surface area contributed by atoms with Gasteiger partial charge in [0, 0.05) is 22.9 Å². The van der Waals surface area contributed by atoms with Crippen LogP contribution in [0.1, 0.15) is 21.7 Å². The average Bonchev–Trinajstić information content (AvgIpc) is 3.11. The maximum atomic E-state index is 12.5. The Morgan fingerprint density at radius 3 is 2.54 bits per heavy atom. The quantitative estimate of drug-likeness (QED) is 0.497. The van der Waals surface area contributed by atoms with Gasteiger partial charge in [-0.15, -0.1) is 0 Å². The highest BCUT2D eigenvalue weighted by Crippen LogP contribution is 2.24. The Morgan fingerprint density at radius 1 is 1.14 bits per heavy atom. The van der Waals surface area contributed by atoms with E-state index in [1.807, 2.05) is 0 Å². The zero-order valence-corrected chi connectivity index (χ0v) is 15.6. The van der Waals surface area contributed by atoms with Crippen molar-refractivity contribution in [3.63, 3.8) is 0 Å². The minimum atomic E-state index is -3.67. The molecule has 3 aromatic rings. The Balaban J connectivity index is 1.83. The summed E-state index contributed by atoms with van der Waals surface area (Å²) in [6.45, 7) is 1.59. The summed E-state index contributed by atoms with van der Waals surface area (Å²) in [6.07, 6.45) is 1.22. The van der Waals surface area contributed by atoms with Crippen molar-refractivity contribution in [3.8, 4) is 0 Å². The molecule has 144 valence electrons. The molecule has 0 aliphatic rings. The van der Waals surface area contributed by atoms with Gasteiger partial charge in [-0.25, -0.2) is 8.42 Å². The summed E-state index contributed by atoms with van der Waals surface area (Å²) in [5.74, 6) is -1.27. The van der Waals surface area contributed by atoms with Gasteiger partial charge in [-0.1, -0.05) is 24.3 Å². The summed E-state index contributed by atoms with van der Waals surface area (Å²) in [5.41, 5.74) is 0.721. The molecule has 1 N–H and O–H groups in total. The second kappa shape index (κ2) is 7.65. The van der Waals surface area contributed by atoms with Gasteiger partial charge in [-0.3, -0.25) is 14.9 Å². The molecule has 0 saturated carbocycles. The summed E-state index contributed by atoms with van der Waals surface area (Å²) in [7, 11) is -3.67. The molecule has 0 spiro atoms. The first kappa shape index (κ1) is 19.3. The topological polar surface area (TPSA) is 120 Å². The lowest BCUT2D eigenvalue weighted by molar-refractivity contribution is -0.385. The first-order chi connectivity index (χ1) is 13.3. The number of amides is 1. The zero-order chi connectivity index (χ0) is 20.3. The Morgan fingerprint density at radius 2 is 1.86 bits per heavy atom. The third kappa shape index (κ3) is 4.09. The zero-order valence-electron chi connectivity index (χ0n) is 14.8. The van der Waals surface area contributed by atoms with Gasteiger partial charge in [-0.05, 0) is 31.2 Å². The largest absolute Gasteiger partial charge is 0.459 e. The minimum Gasteiger partial charge on any atom is -0.459 e. The molecule has 0 aliphatic heterocycles. The summed E-state index contributed by atoms with van der Waals surface area (Å²) in [4.78, 5) is 23.1. The van der Waals surface area contributed by atoms with Gasteiger partial charge in [-0.2, -0.15) is 0 Å². The molecule has 3 rings (SSSR count). The van der Waals surface area contributed by atoms with E-state index < -0.39 is 26.4 Å². The smallest absolute Gasteiger partial charge is 0.291 e. The lowest BCUT2D eigenvalue weighted by atomic mass is 10.2. The molecule has 9 heteroatoms. The maximum Gasteiger partial charge on any atom is 0.291 e. The van der Waals surface area contributed by atoms with E-state index in [0.29, 0.717) is 5.56 Å². The molecule has 0 atom stereocenters. The highest BCUT2D eigenvalue weighted by molar-refractivity contribution is 7.90. The maximum absolute atomic E-state index is 12.5. The summed E-state index contributed by atoms with van der Waals surface area (Å²) in [6, 6.07) is 13.5. The number of nitrogens with one attached hydrogen (secondary N) is 1. The predicted molar refractivity (Wildman–Crippen MR) is 102 cm³/mol. The van der Waals surface area contributed by atoms with E-state index in [-0.39, 0.29) is 27.6 Å². The molecule has 0 fully saturated rings. The number of nitro groups is 1. The van der Waals surface area contributed by atoms with Crippen LogP contribution < -0.4 is 5.32 Å². The number of benzene rings is 2. The molecule has 0 aliphatic carbocycles. The van der Waals surface area contributed by atoms with Crippen molar-refractivity contribution >= 4 is 27.1 Å². The number of nitrogens with zero attached hydrogens (tertiary/aromatic N) is 1. The standard InChI is InChI=1S/C19H16N2O6S/c1-13-7-8-15(11-17(13)21(23)24)20-19(22)18-14(9-10-27-18)12-28(25,26)16-5-3-2-4-6-16/h2-11H,12H2,1H3,(H,20,22). The molecule has 8 nitrogen and oxygen atoms in total. The van der Waals surface area contributed by atoms with E-state index in [0.717, 1.165) is 0 Å². The van der Waals surface area contributed by atoms with E-state index in [4.69, 9.17) is 4.42 Å². The van der Waals surface area contributed by atoms with Gasteiger partial charge >= 0.3 is 0 Å². The number of hydrogen-bond donors (Lipinski definition) is 1. The molecule has 1 aromatic heterocycles. The second-order valence-electron chi connectivity index (χ2n) is 6.06. The molecule has 0 unspecified atom stereocenters. The van der Waals surface area contributed by atoms with E-state index >= 15 is 0 Å². The summed E-state index contributed by atoms with van der Waals surface area (Å²) in [5, 5.41) is 13.5. The van der Waals surface area contributed by atoms with E-state index in [1.54, 1.807) is 25.1 Å². The van der Waals surface area contributed by atoms with Crippen molar-refractivity contribution in [2.45, 2.75) is 17.6 Å². The van der Waals surface area contributed by atoms with Crippen LogP contribution in [-0.2, 0) is 15.6 Å². The van der Waals surface area contributed by atoms with Gasteiger partial charge in [0.2, 0.25) is 0 Å². The third-order valence-electron chi connectivity index (χ3n) is 4.06. The van der Waals surface area contributed by atoms with Crippen LogP contribution in [0.5, 0.6) is 0 Å². The number of anilines is 1. The van der Waals surface area contributed by atoms with Crippen LogP contribution in [0.3, 0.4) is 0 Å². The number of furan rings is 1. The number of rotatable bonds is 6. The fraction of sp³-hybridized carbons (Fsp3) is 0.105. The van der Waals surface area contributed by atoms with Gasteiger partial charge in [0.05, 0.1) is 21.8 Å². The predicted octanol–water partition coefficient (Wildman–Crippen LogP) is 3.72. The monoisotopic (exact) mass is 400 g/mol. The fourth-order valence-corrected chi connectivity index (χ4v) is 4.01. The van der Waals surface area contributed by atoms with Gasteiger partial charge in [0.15, 0.2) is 15.6 Å². The second-order valence-corrected chi connectivity index (χ2v) is 8.05. The molecular formula is C19H16N2O6S. The Bertz CT molecular complexity index is 1140. The number of hydrogen-bond acceptors (Lipinski definition) is 6. The average molecular weight is 400 g/mol. The number of carbonyl (C=O) groups excluding carboxylic acids is 1. The Labute approximate surface area is 160 Å². The number of sulfone groups is 1. The molecule has 1 amide bonds. The lowest BCUT2D eigenvalue weighted by Crippen LogP contribution is -2.15. The fourth-order valence-electron chi connectivity index (χ4n) is 2.64.